The van der Waals surface area contributed by atoms with Gasteiger partial charge in [0.05, 0.1) is 0 Å². The van der Waals surface area contributed by atoms with Crippen molar-refractivity contribution >= 4 is 5.91 Å². The van der Waals surface area contributed by atoms with E-state index in [0.717, 1.165) is 12.8 Å². The molecule has 1 N–H and O–H groups in total. The Morgan fingerprint density at radius 1 is 1.69 bits per heavy atom. The number of oxazole rings is 1. The molecule has 4 heteroatoms. The van der Waals surface area contributed by atoms with Gasteiger partial charge in [-0.1, -0.05) is 13.3 Å². The fraction of sp³-hybridized carbons (Fsp3) is 0.556. The number of nitrogens with one attached hydrogen (secondary N) is 1. The van der Waals surface area contributed by atoms with Crippen molar-refractivity contribution in [2.45, 2.75) is 26.7 Å². The van der Waals surface area contributed by atoms with Crippen molar-refractivity contribution in [3.05, 3.63) is 17.8 Å². The van der Waals surface area contributed by atoms with E-state index in [1.54, 1.807) is 6.92 Å². The predicted octanol–water partition coefficient (Wildman–Crippen LogP) is 1.51. The van der Waals surface area contributed by atoms with Crippen molar-refractivity contribution < 1.29 is 9.21 Å². The van der Waals surface area contributed by atoms with Crippen LogP contribution in [0, 0.1) is 6.92 Å². The predicted molar refractivity (Wildman–Crippen MR) is 48.5 cm³/mol. The molecule has 1 aromatic rings. The zero-order chi connectivity index (χ0) is 9.68. The first-order chi connectivity index (χ1) is 6.25. The quantitative estimate of drug-likeness (QED) is 0.718. The lowest BCUT2D eigenvalue weighted by Gasteiger charge is -2.00. The Kier molecular flexibility index (Phi) is 3.49. The van der Waals surface area contributed by atoms with Crippen molar-refractivity contribution in [3.8, 4) is 0 Å². The van der Waals surface area contributed by atoms with Crippen molar-refractivity contribution in [1.29, 1.82) is 0 Å². The molecule has 0 aliphatic carbocycles. The molecule has 0 bridgehead atoms. The maximum Gasteiger partial charge on any atom is 0.273 e. The van der Waals surface area contributed by atoms with Crippen molar-refractivity contribution in [1.82, 2.24) is 10.3 Å². The van der Waals surface area contributed by atoms with Crippen LogP contribution in [0.2, 0.25) is 0 Å². The van der Waals surface area contributed by atoms with Crippen molar-refractivity contribution in [3.63, 3.8) is 0 Å². The molecule has 0 atom stereocenters. The minimum atomic E-state index is -0.153. The summed E-state index contributed by atoms with van der Waals surface area (Å²) >= 11 is 0. The van der Waals surface area contributed by atoms with E-state index >= 15 is 0 Å². The molecule has 1 amide bonds. The molecule has 1 rings (SSSR count). The van der Waals surface area contributed by atoms with E-state index < -0.39 is 0 Å². The molecule has 0 spiro atoms. The van der Waals surface area contributed by atoms with Crippen molar-refractivity contribution in [2.24, 2.45) is 0 Å². The van der Waals surface area contributed by atoms with E-state index in [9.17, 15) is 4.79 Å². The number of rotatable bonds is 4. The SMILES string of the molecule is CCCCNC(=O)c1ncoc1C. The molecule has 1 aromatic heterocycles. The molecule has 1 heterocycles. The summed E-state index contributed by atoms with van der Waals surface area (Å²) in [5, 5.41) is 2.77. The lowest BCUT2D eigenvalue weighted by Crippen LogP contribution is -2.25. The second kappa shape index (κ2) is 4.64. The first-order valence-corrected chi connectivity index (χ1v) is 4.44. The van der Waals surface area contributed by atoms with Gasteiger partial charge in [0.25, 0.3) is 5.91 Å². The lowest BCUT2D eigenvalue weighted by molar-refractivity contribution is 0.0947. The second-order valence-corrected chi connectivity index (χ2v) is 2.87. The number of carbonyl (C=O) groups excluding carboxylic acids is 1. The van der Waals surface area contributed by atoms with Gasteiger partial charge in [0, 0.05) is 6.54 Å². The van der Waals surface area contributed by atoms with Gasteiger partial charge in [0.1, 0.15) is 5.76 Å². The van der Waals surface area contributed by atoms with Gasteiger partial charge < -0.3 is 9.73 Å². The van der Waals surface area contributed by atoms with E-state index in [1.807, 2.05) is 0 Å². The summed E-state index contributed by atoms with van der Waals surface area (Å²) in [6.45, 7) is 4.50. The Labute approximate surface area is 77.3 Å². The molecule has 0 unspecified atom stereocenters. The molecular weight excluding hydrogens is 168 g/mol. The number of carbonyl (C=O) groups is 1. The van der Waals surface area contributed by atoms with Crippen LogP contribution >= 0.6 is 0 Å². The summed E-state index contributed by atoms with van der Waals surface area (Å²) in [5.74, 6) is 0.411. The first-order valence-electron chi connectivity index (χ1n) is 4.44. The van der Waals surface area contributed by atoms with Crippen LogP contribution in [0.15, 0.2) is 10.8 Å². The van der Waals surface area contributed by atoms with Crippen molar-refractivity contribution in [2.75, 3.05) is 6.54 Å². The van der Waals surface area contributed by atoms with Crippen LogP contribution < -0.4 is 5.32 Å². The monoisotopic (exact) mass is 182 g/mol. The van der Waals surface area contributed by atoms with E-state index in [4.69, 9.17) is 4.42 Å². The molecule has 0 saturated heterocycles. The van der Waals surface area contributed by atoms with Crippen LogP contribution in [0.1, 0.15) is 36.0 Å². The lowest BCUT2D eigenvalue weighted by atomic mass is 10.3. The van der Waals surface area contributed by atoms with Crippen LogP contribution in [-0.4, -0.2) is 17.4 Å². The average Bonchev–Trinajstić information content (AvgIpc) is 2.52. The zero-order valence-corrected chi connectivity index (χ0v) is 7.96. The Hall–Kier alpha value is -1.32. The largest absolute Gasteiger partial charge is 0.448 e. The molecule has 0 fully saturated rings. The number of nitrogens with zero attached hydrogens (tertiary/aromatic N) is 1. The van der Waals surface area contributed by atoms with E-state index in [0.29, 0.717) is 18.0 Å². The number of unbranched alkanes of at least 4 members (excludes halogenated alkanes) is 1. The van der Waals surface area contributed by atoms with E-state index in [-0.39, 0.29) is 5.91 Å². The van der Waals surface area contributed by atoms with Crippen LogP contribution in [-0.2, 0) is 0 Å². The van der Waals surface area contributed by atoms with Gasteiger partial charge in [-0.15, -0.1) is 0 Å². The minimum Gasteiger partial charge on any atom is -0.448 e. The number of hydrogen-bond donors (Lipinski definition) is 1. The Morgan fingerprint density at radius 2 is 2.46 bits per heavy atom. The van der Waals surface area contributed by atoms with Gasteiger partial charge in [0.15, 0.2) is 12.1 Å². The number of aromatic nitrogens is 1. The summed E-state index contributed by atoms with van der Waals surface area (Å²) in [5.41, 5.74) is 0.385. The number of amides is 1. The van der Waals surface area contributed by atoms with Gasteiger partial charge in [0.2, 0.25) is 0 Å². The first kappa shape index (κ1) is 9.77. The highest BCUT2D eigenvalue weighted by atomic mass is 16.3. The molecule has 0 aliphatic rings. The summed E-state index contributed by atoms with van der Waals surface area (Å²) in [6.07, 6.45) is 3.34. The Morgan fingerprint density at radius 3 is 3.00 bits per heavy atom. The highest BCUT2D eigenvalue weighted by Gasteiger charge is 2.11. The van der Waals surface area contributed by atoms with Gasteiger partial charge in [-0.25, -0.2) is 4.98 Å². The van der Waals surface area contributed by atoms with Crippen LogP contribution in [0.4, 0.5) is 0 Å². The topological polar surface area (TPSA) is 55.1 Å². The van der Waals surface area contributed by atoms with Crippen LogP contribution in [0.5, 0.6) is 0 Å². The third kappa shape index (κ3) is 2.57. The highest BCUT2D eigenvalue weighted by molar-refractivity contribution is 5.92. The van der Waals surface area contributed by atoms with Gasteiger partial charge in [-0.2, -0.15) is 0 Å². The molecule has 13 heavy (non-hydrogen) atoms. The second-order valence-electron chi connectivity index (χ2n) is 2.87. The summed E-state index contributed by atoms with van der Waals surface area (Å²) in [7, 11) is 0. The fourth-order valence-electron chi connectivity index (χ4n) is 0.986. The Bertz CT molecular complexity index is 281. The fourth-order valence-corrected chi connectivity index (χ4v) is 0.986. The maximum absolute atomic E-state index is 11.4. The molecule has 4 nitrogen and oxygen atoms in total. The number of hydrogen-bond acceptors (Lipinski definition) is 3. The molecule has 0 radical (unpaired) electrons. The minimum absolute atomic E-state index is 0.153. The maximum atomic E-state index is 11.4. The molecule has 0 aliphatic heterocycles. The van der Waals surface area contributed by atoms with E-state index in [1.165, 1.54) is 6.39 Å². The molecule has 72 valence electrons. The summed E-state index contributed by atoms with van der Waals surface area (Å²) in [6, 6.07) is 0. The molecule has 0 saturated carbocycles. The van der Waals surface area contributed by atoms with E-state index in [2.05, 4.69) is 17.2 Å². The number of aryl methyl sites for hydroxylation is 1. The van der Waals surface area contributed by atoms with Gasteiger partial charge in [-0.3, -0.25) is 4.79 Å². The van der Waals surface area contributed by atoms with Gasteiger partial charge in [-0.05, 0) is 13.3 Å². The highest BCUT2D eigenvalue weighted by Crippen LogP contribution is 2.03. The third-order valence-electron chi connectivity index (χ3n) is 1.78. The Balaban J connectivity index is 2.45. The smallest absolute Gasteiger partial charge is 0.273 e. The average molecular weight is 182 g/mol. The summed E-state index contributed by atoms with van der Waals surface area (Å²) in [4.78, 5) is 15.2. The zero-order valence-electron chi connectivity index (χ0n) is 7.96. The summed E-state index contributed by atoms with van der Waals surface area (Å²) < 4.78 is 4.92. The standard InChI is InChI=1S/C9H14N2O2/c1-3-4-5-10-9(12)8-7(2)13-6-11-8/h6H,3-5H2,1-2H3,(H,10,12). The van der Waals surface area contributed by atoms with Crippen LogP contribution in [0.25, 0.3) is 0 Å². The third-order valence-corrected chi connectivity index (χ3v) is 1.78. The van der Waals surface area contributed by atoms with Crippen LogP contribution in [0.3, 0.4) is 0 Å². The molecular formula is C9H14N2O2. The van der Waals surface area contributed by atoms with Gasteiger partial charge >= 0.3 is 0 Å². The molecule has 0 aromatic carbocycles. The normalized spacial score (nSPS) is 10.0.